The Morgan fingerprint density at radius 2 is 2.42 bits per heavy atom. The van der Waals surface area contributed by atoms with E-state index in [9.17, 15) is 4.79 Å². The Morgan fingerprint density at radius 1 is 1.75 bits per heavy atom. The summed E-state index contributed by atoms with van der Waals surface area (Å²) in [7, 11) is 0. The summed E-state index contributed by atoms with van der Waals surface area (Å²) in [6.07, 6.45) is 0.687. The number of halogens is 1. The number of hydrogen-bond acceptors (Lipinski definition) is 2. The second kappa shape index (κ2) is 3.92. The minimum Gasteiger partial charge on any atom is -0.481 e. The number of carbonyl (C=O) groups is 1. The van der Waals surface area contributed by atoms with Gasteiger partial charge in [0.25, 0.3) is 0 Å². The Labute approximate surface area is 79.8 Å². The first-order valence-electron chi connectivity index (χ1n) is 3.56. The third kappa shape index (κ3) is 2.50. The third-order valence-electron chi connectivity index (χ3n) is 1.45. The van der Waals surface area contributed by atoms with Gasteiger partial charge in [-0.05, 0) is 19.4 Å². The van der Waals surface area contributed by atoms with Crippen molar-refractivity contribution in [1.29, 1.82) is 0 Å². The molecule has 12 heavy (non-hydrogen) atoms. The molecular weight excluding hydrogens is 196 g/mol. The van der Waals surface area contributed by atoms with Gasteiger partial charge >= 0.3 is 5.97 Å². The zero-order valence-electron chi connectivity index (χ0n) is 6.63. The number of carboxylic acids is 1. The van der Waals surface area contributed by atoms with Crippen LogP contribution in [0.5, 0.6) is 0 Å². The molecule has 1 aromatic heterocycles. The molecule has 4 heteroatoms. The summed E-state index contributed by atoms with van der Waals surface area (Å²) in [5.41, 5.74) is 0. The van der Waals surface area contributed by atoms with E-state index in [1.807, 2.05) is 13.0 Å². The molecule has 0 spiro atoms. The molecule has 1 heterocycles. The van der Waals surface area contributed by atoms with Crippen molar-refractivity contribution in [2.75, 3.05) is 0 Å². The monoisotopic (exact) mass is 204 g/mol. The van der Waals surface area contributed by atoms with Crippen LogP contribution in [0.25, 0.3) is 0 Å². The average Bonchev–Trinajstić information content (AvgIpc) is 2.26. The van der Waals surface area contributed by atoms with Crippen LogP contribution in [0.3, 0.4) is 0 Å². The summed E-state index contributed by atoms with van der Waals surface area (Å²) in [5.74, 6) is -0.780. The molecular formula is C8H9ClO2S. The molecule has 0 unspecified atom stereocenters. The zero-order valence-corrected chi connectivity index (χ0v) is 8.21. The van der Waals surface area contributed by atoms with Crippen LogP contribution < -0.4 is 0 Å². The normalized spacial score (nSPS) is 10.2. The Kier molecular flexibility index (Phi) is 3.12. The Bertz CT molecular complexity index is 293. The van der Waals surface area contributed by atoms with Crippen LogP contribution >= 0.6 is 22.9 Å². The number of rotatable bonds is 3. The van der Waals surface area contributed by atoms with Crippen molar-refractivity contribution in [2.24, 2.45) is 0 Å². The fourth-order valence-corrected chi connectivity index (χ4v) is 2.29. The predicted octanol–water partition coefficient (Wildman–Crippen LogP) is 2.73. The van der Waals surface area contributed by atoms with Gasteiger partial charge in [-0.3, -0.25) is 4.79 Å². The first kappa shape index (κ1) is 9.55. The molecule has 66 valence electrons. The summed E-state index contributed by atoms with van der Waals surface area (Å²) < 4.78 is 0. The molecule has 0 aliphatic carbocycles. The van der Waals surface area contributed by atoms with Crippen molar-refractivity contribution in [3.8, 4) is 0 Å². The van der Waals surface area contributed by atoms with Crippen molar-refractivity contribution in [3.05, 3.63) is 20.8 Å². The fourth-order valence-electron chi connectivity index (χ4n) is 0.922. The molecule has 2 nitrogen and oxygen atoms in total. The van der Waals surface area contributed by atoms with E-state index < -0.39 is 5.97 Å². The molecule has 1 rings (SSSR count). The first-order chi connectivity index (χ1) is 5.59. The van der Waals surface area contributed by atoms with Crippen molar-refractivity contribution >= 4 is 28.9 Å². The number of carboxylic acid groups (broad SMARTS) is 1. The predicted molar refractivity (Wildman–Crippen MR) is 50.0 cm³/mol. The summed E-state index contributed by atoms with van der Waals surface area (Å²) in [6, 6.07) is 1.86. The van der Waals surface area contributed by atoms with Gasteiger partial charge in [0.1, 0.15) is 0 Å². The number of aryl methyl sites for hydroxylation is 2. The molecule has 0 fully saturated rings. The van der Waals surface area contributed by atoms with Crippen molar-refractivity contribution in [1.82, 2.24) is 0 Å². The molecule has 1 aromatic rings. The molecule has 0 bridgehead atoms. The second-order valence-electron chi connectivity index (χ2n) is 2.52. The maximum atomic E-state index is 10.3. The van der Waals surface area contributed by atoms with E-state index in [1.54, 1.807) is 11.3 Å². The van der Waals surface area contributed by atoms with Crippen molar-refractivity contribution in [2.45, 2.75) is 19.8 Å². The molecule has 0 amide bonds. The van der Waals surface area contributed by atoms with Gasteiger partial charge in [-0.2, -0.15) is 0 Å². The highest BCUT2D eigenvalue weighted by Crippen LogP contribution is 2.27. The SMILES string of the molecule is Cc1cc(Cl)c(CCC(=O)O)s1. The van der Waals surface area contributed by atoms with E-state index in [4.69, 9.17) is 16.7 Å². The van der Waals surface area contributed by atoms with Crippen molar-refractivity contribution < 1.29 is 9.90 Å². The van der Waals surface area contributed by atoms with E-state index in [1.165, 1.54) is 0 Å². The van der Waals surface area contributed by atoms with Gasteiger partial charge < -0.3 is 5.11 Å². The first-order valence-corrected chi connectivity index (χ1v) is 4.75. The molecule has 0 saturated carbocycles. The summed E-state index contributed by atoms with van der Waals surface area (Å²) in [5, 5.41) is 9.13. The lowest BCUT2D eigenvalue weighted by atomic mass is 10.2. The van der Waals surface area contributed by atoms with Crippen LogP contribution in [0.4, 0.5) is 0 Å². The van der Waals surface area contributed by atoms with Gasteiger partial charge in [-0.1, -0.05) is 11.6 Å². The van der Waals surface area contributed by atoms with Crippen LogP contribution in [0.2, 0.25) is 5.02 Å². The molecule has 0 saturated heterocycles. The van der Waals surface area contributed by atoms with Gasteiger partial charge in [-0.25, -0.2) is 0 Å². The van der Waals surface area contributed by atoms with Gasteiger partial charge in [0.2, 0.25) is 0 Å². The van der Waals surface area contributed by atoms with Gasteiger partial charge in [-0.15, -0.1) is 11.3 Å². The van der Waals surface area contributed by atoms with E-state index >= 15 is 0 Å². The highest BCUT2D eigenvalue weighted by Gasteiger charge is 2.06. The largest absolute Gasteiger partial charge is 0.481 e. The number of thiophene rings is 1. The van der Waals surface area contributed by atoms with Gasteiger partial charge in [0.05, 0.1) is 11.4 Å². The lowest BCUT2D eigenvalue weighted by molar-refractivity contribution is -0.136. The van der Waals surface area contributed by atoms with Crippen LogP contribution in [0, 0.1) is 6.92 Å². The van der Waals surface area contributed by atoms with Crippen LogP contribution in [0.15, 0.2) is 6.07 Å². The van der Waals surface area contributed by atoms with E-state index in [2.05, 4.69) is 0 Å². The Balaban J connectivity index is 2.62. The molecule has 0 aliphatic rings. The highest BCUT2D eigenvalue weighted by molar-refractivity contribution is 7.12. The maximum Gasteiger partial charge on any atom is 0.303 e. The molecule has 0 aliphatic heterocycles. The molecule has 0 aromatic carbocycles. The second-order valence-corrected chi connectivity index (χ2v) is 4.27. The van der Waals surface area contributed by atoms with Crippen molar-refractivity contribution in [3.63, 3.8) is 0 Å². The Hall–Kier alpha value is -0.540. The van der Waals surface area contributed by atoms with Crippen LogP contribution in [-0.2, 0) is 11.2 Å². The minimum atomic E-state index is -0.780. The summed E-state index contributed by atoms with van der Waals surface area (Å²) in [6.45, 7) is 1.96. The molecule has 0 radical (unpaired) electrons. The smallest absolute Gasteiger partial charge is 0.303 e. The quantitative estimate of drug-likeness (QED) is 0.822. The van der Waals surface area contributed by atoms with Gasteiger partial charge in [0, 0.05) is 9.75 Å². The Morgan fingerprint density at radius 3 is 2.83 bits per heavy atom. The zero-order chi connectivity index (χ0) is 9.14. The van der Waals surface area contributed by atoms with E-state index in [0.29, 0.717) is 11.4 Å². The third-order valence-corrected chi connectivity index (χ3v) is 3.01. The maximum absolute atomic E-state index is 10.3. The number of hydrogen-bond donors (Lipinski definition) is 1. The highest BCUT2D eigenvalue weighted by atomic mass is 35.5. The summed E-state index contributed by atoms with van der Waals surface area (Å²) in [4.78, 5) is 12.3. The van der Waals surface area contributed by atoms with Gasteiger partial charge in [0.15, 0.2) is 0 Å². The molecule has 0 atom stereocenters. The lowest BCUT2D eigenvalue weighted by Crippen LogP contribution is -1.95. The van der Waals surface area contributed by atoms with E-state index in [0.717, 1.165) is 9.75 Å². The molecule has 1 N–H and O–H groups in total. The fraction of sp³-hybridized carbons (Fsp3) is 0.375. The standard InChI is InChI=1S/C8H9ClO2S/c1-5-4-6(9)7(12-5)2-3-8(10)11/h4H,2-3H2,1H3,(H,10,11). The van der Waals surface area contributed by atoms with E-state index in [-0.39, 0.29) is 6.42 Å². The topological polar surface area (TPSA) is 37.3 Å². The summed E-state index contributed by atoms with van der Waals surface area (Å²) >= 11 is 7.41. The van der Waals surface area contributed by atoms with Crippen LogP contribution in [0.1, 0.15) is 16.2 Å². The minimum absolute atomic E-state index is 0.152. The van der Waals surface area contributed by atoms with Crippen LogP contribution in [-0.4, -0.2) is 11.1 Å². The number of aliphatic carboxylic acids is 1. The lowest BCUT2D eigenvalue weighted by Gasteiger charge is -1.92. The average molecular weight is 205 g/mol.